The molecule has 0 aromatic heterocycles. The van der Waals surface area contributed by atoms with Crippen molar-refractivity contribution in [1.82, 2.24) is 5.32 Å². The summed E-state index contributed by atoms with van der Waals surface area (Å²) in [6.07, 6.45) is 1.43. The van der Waals surface area contributed by atoms with E-state index in [1.165, 1.54) is 0 Å². The Morgan fingerprint density at radius 1 is 1.47 bits per heavy atom. The van der Waals surface area contributed by atoms with Gasteiger partial charge in [0.15, 0.2) is 5.78 Å². The summed E-state index contributed by atoms with van der Waals surface area (Å²) < 4.78 is 0. The summed E-state index contributed by atoms with van der Waals surface area (Å²) in [4.78, 5) is 11.7. The van der Waals surface area contributed by atoms with Crippen LogP contribution in [0.4, 0.5) is 0 Å². The zero-order valence-electron chi connectivity index (χ0n) is 10.7. The third-order valence-electron chi connectivity index (χ3n) is 2.86. The summed E-state index contributed by atoms with van der Waals surface area (Å²) in [6, 6.07) is 6.19. The van der Waals surface area contributed by atoms with Gasteiger partial charge in [-0.1, -0.05) is 30.7 Å². The number of nitrogens with one attached hydrogen (secondary N) is 1. The Morgan fingerprint density at radius 3 is 2.76 bits per heavy atom. The minimum atomic E-state index is 0.177. The van der Waals surface area contributed by atoms with Gasteiger partial charge in [-0.3, -0.25) is 4.79 Å². The molecule has 1 rings (SSSR count). The lowest BCUT2D eigenvalue weighted by atomic mass is 10.1. The van der Waals surface area contributed by atoms with E-state index in [9.17, 15) is 4.79 Å². The molecule has 0 bridgehead atoms. The van der Waals surface area contributed by atoms with Gasteiger partial charge in [0.05, 0.1) is 6.54 Å². The Morgan fingerprint density at radius 2 is 2.18 bits per heavy atom. The van der Waals surface area contributed by atoms with Crippen LogP contribution in [0.5, 0.6) is 0 Å². The molecule has 1 aromatic carbocycles. The standard InChI is InChI=1S/C14H20ClNO/c1-4-11(3)16-9-13(17)8-12-6-5-10(2)7-14(12)15/h5-7,11,16H,4,8-9H2,1-3H3. The number of hydrogen-bond acceptors (Lipinski definition) is 2. The summed E-state index contributed by atoms with van der Waals surface area (Å²) in [5, 5.41) is 3.87. The fraction of sp³-hybridized carbons (Fsp3) is 0.500. The first kappa shape index (κ1) is 14.2. The molecule has 0 saturated carbocycles. The normalized spacial score (nSPS) is 12.5. The summed E-state index contributed by atoms with van der Waals surface area (Å²) in [6.45, 7) is 6.58. The van der Waals surface area contributed by atoms with E-state index in [0.717, 1.165) is 17.5 Å². The number of carbonyl (C=O) groups is 1. The number of aryl methyl sites for hydroxylation is 1. The van der Waals surface area contributed by atoms with Crippen LogP contribution in [-0.4, -0.2) is 18.4 Å². The fourth-order valence-electron chi connectivity index (χ4n) is 1.50. The first-order valence-electron chi connectivity index (χ1n) is 6.03. The van der Waals surface area contributed by atoms with Crippen molar-refractivity contribution in [2.24, 2.45) is 0 Å². The van der Waals surface area contributed by atoms with Crippen LogP contribution < -0.4 is 5.32 Å². The van der Waals surface area contributed by atoms with Gasteiger partial charge in [0.25, 0.3) is 0 Å². The highest BCUT2D eigenvalue weighted by molar-refractivity contribution is 6.31. The molecular weight excluding hydrogens is 234 g/mol. The molecule has 0 amide bonds. The van der Waals surface area contributed by atoms with Gasteiger partial charge in [-0.2, -0.15) is 0 Å². The zero-order chi connectivity index (χ0) is 12.8. The van der Waals surface area contributed by atoms with Crippen molar-refractivity contribution in [2.75, 3.05) is 6.54 Å². The Kier molecular flexibility index (Phi) is 5.66. The highest BCUT2D eigenvalue weighted by atomic mass is 35.5. The molecule has 2 nitrogen and oxygen atoms in total. The van der Waals surface area contributed by atoms with Gasteiger partial charge in [-0.05, 0) is 37.5 Å². The van der Waals surface area contributed by atoms with E-state index in [0.29, 0.717) is 24.0 Å². The number of carbonyl (C=O) groups excluding carboxylic acids is 1. The van der Waals surface area contributed by atoms with Gasteiger partial charge in [-0.25, -0.2) is 0 Å². The van der Waals surface area contributed by atoms with Crippen LogP contribution in [0.15, 0.2) is 18.2 Å². The zero-order valence-corrected chi connectivity index (χ0v) is 11.5. The second-order valence-corrected chi connectivity index (χ2v) is 4.91. The van der Waals surface area contributed by atoms with Crippen molar-refractivity contribution in [3.05, 3.63) is 34.3 Å². The van der Waals surface area contributed by atoms with Gasteiger partial charge in [0.2, 0.25) is 0 Å². The average molecular weight is 254 g/mol. The SMILES string of the molecule is CCC(C)NCC(=O)Cc1ccc(C)cc1Cl. The maximum Gasteiger partial charge on any atom is 0.151 e. The van der Waals surface area contributed by atoms with Crippen molar-refractivity contribution in [2.45, 2.75) is 39.7 Å². The average Bonchev–Trinajstić information content (AvgIpc) is 2.29. The lowest BCUT2D eigenvalue weighted by Gasteiger charge is -2.10. The van der Waals surface area contributed by atoms with Crippen LogP contribution in [0.1, 0.15) is 31.4 Å². The lowest BCUT2D eigenvalue weighted by molar-refractivity contribution is -0.117. The Hall–Kier alpha value is -0.860. The number of rotatable bonds is 6. The minimum absolute atomic E-state index is 0.177. The van der Waals surface area contributed by atoms with Crippen molar-refractivity contribution in [3.8, 4) is 0 Å². The predicted octanol–water partition coefficient (Wildman–Crippen LogP) is 3.15. The molecule has 0 heterocycles. The van der Waals surface area contributed by atoms with E-state index in [-0.39, 0.29) is 5.78 Å². The van der Waals surface area contributed by atoms with E-state index in [4.69, 9.17) is 11.6 Å². The van der Waals surface area contributed by atoms with Crippen LogP contribution in [0.25, 0.3) is 0 Å². The van der Waals surface area contributed by atoms with E-state index in [2.05, 4.69) is 19.2 Å². The maximum atomic E-state index is 11.7. The topological polar surface area (TPSA) is 29.1 Å². The number of benzene rings is 1. The molecule has 94 valence electrons. The maximum absolute atomic E-state index is 11.7. The molecule has 0 aliphatic heterocycles. The van der Waals surface area contributed by atoms with Crippen LogP contribution in [-0.2, 0) is 11.2 Å². The van der Waals surface area contributed by atoms with E-state index in [1.807, 2.05) is 25.1 Å². The second-order valence-electron chi connectivity index (χ2n) is 4.50. The van der Waals surface area contributed by atoms with E-state index >= 15 is 0 Å². The van der Waals surface area contributed by atoms with Crippen molar-refractivity contribution in [3.63, 3.8) is 0 Å². The smallest absolute Gasteiger partial charge is 0.151 e. The number of hydrogen-bond donors (Lipinski definition) is 1. The number of ketones is 1. The van der Waals surface area contributed by atoms with E-state index < -0.39 is 0 Å². The van der Waals surface area contributed by atoms with Gasteiger partial charge in [0, 0.05) is 17.5 Å². The molecule has 0 aliphatic rings. The van der Waals surface area contributed by atoms with Gasteiger partial charge >= 0.3 is 0 Å². The molecule has 0 saturated heterocycles. The first-order chi connectivity index (χ1) is 8.02. The Bertz CT molecular complexity index is 390. The lowest BCUT2D eigenvalue weighted by Crippen LogP contribution is -2.31. The van der Waals surface area contributed by atoms with Crippen molar-refractivity contribution < 1.29 is 4.79 Å². The minimum Gasteiger partial charge on any atom is -0.307 e. The van der Waals surface area contributed by atoms with Crippen LogP contribution in [0.2, 0.25) is 5.02 Å². The molecule has 1 unspecified atom stereocenters. The molecule has 1 atom stereocenters. The third-order valence-corrected chi connectivity index (χ3v) is 3.21. The molecule has 3 heteroatoms. The monoisotopic (exact) mass is 253 g/mol. The molecule has 0 fully saturated rings. The van der Waals surface area contributed by atoms with Crippen molar-refractivity contribution in [1.29, 1.82) is 0 Å². The van der Waals surface area contributed by atoms with Gasteiger partial charge in [0.1, 0.15) is 0 Å². The number of Topliss-reactive ketones (excluding diaryl/α,β-unsaturated/α-hetero) is 1. The van der Waals surface area contributed by atoms with Crippen LogP contribution >= 0.6 is 11.6 Å². The third kappa shape index (κ3) is 4.88. The van der Waals surface area contributed by atoms with Crippen LogP contribution in [0.3, 0.4) is 0 Å². The first-order valence-corrected chi connectivity index (χ1v) is 6.40. The molecule has 0 spiro atoms. The fourth-order valence-corrected chi connectivity index (χ4v) is 1.80. The second kappa shape index (κ2) is 6.77. The summed E-state index contributed by atoms with van der Waals surface area (Å²) in [7, 11) is 0. The van der Waals surface area contributed by atoms with Crippen LogP contribution in [0, 0.1) is 6.92 Å². The number of halogens is 1. The summed E-state index contributed by atoms with van der Waals surface area (Å²) >= 11 is 6.09. The highest BCUT2D eigenvalue weighted by Crippen LogP contribution is 2.18. The largest absolute Gasteiger partial charge is 0.307 e. The van der Waals surface area contributed by atoms with Gasteiger partial charge < -0.3 is 5.32 Å². The Balaban J connectivity index is 2.50. The molecule has 17 heavy (non-hydrogen) atoms. The predicted molar refractivity (Wildman–Crippen MR) is 72.7 cm³/mol. The van der Waals surface area contributed by atoms with E-state index in [1.54, 1.807) is 0 Å². The molecular formula is C14H20ClNO. The molecule has 0 aliphatic carbocycles. The molecule has 1 N–H and O–H groups in total. The molecule has 0 radical (unpaired) electrons. The van der Waals surface area contributed by atoms with Crippen molar-refractivity contribution >= 4 is 17.4 Å². The highest BCUT2D eigenvalue weighted by Gasteiger charge is 2.08. The Labute approximate surface area is 108 Å². The van der Waals surface area contributed by atoms with Gasteiger partial charge in [-0.15, -0.1) is 0 Å². The quantitative estimate of drug-likeness (QED) is 0.844. The summed E-state index contributed by atoms with van der Waals surface area (Å²) in [5.41, 5.74) is 2.03. The summed E-state index contributed by atoms with van der Waals surface area (Å²) in [5.74, 6) is 0.177. The molecule has 1 aromatic rings.